The van der Waals surface area contributed by atoms with E-state index in [9.17, 15) is 0 Å². The van der Waals surface area contributed by atoms with Crippen LogP contribution in [0.3, 0.4) is 0 Å². The monoisotopic (exact) mass is 622 g/mol. The molecule has 0 bridgehead atoms. The molecule has 6 aliphatic rings. The van der Waals surface area contributed by atoms with Crippen molar-refractivity contribution < 1.29 is 37.9 Å². The van der Waals surface area contributed by atoms with Crippen LogP contribution in [0.1, 0.15) is 33.4 Å². The Morgan fingerprint density at radius 3 is 1.18 bits per heavy atom. The minimum Gasteiger partial charge on any atom is -0.490 e. The number of nitrogens with zero attached hydrogens (tertiary/aromatic N) is 2. The zero-order valence-corrected chi connectivity index (χ0v) is 26.5. The molecule has 6 atom stereocenters. The predicted molar refractivity (Wildman–Crippen MR) is 165 cm³/mol. The summed E-state index contributed by atoms with van der Waals surface area (Å²) in [6.07, 6.45) is 2.53. The maximum atomic E-state index is 6.39. The summed E-state index contributed by atoms with van der Waals surface area (Å²) in [6.45, 7) is 15.7. The van der Waals surface area contributed by atoms with Crippen LogP contribution in [-0.2, 0) is 47.9 Å². The summed E-state index contributed by atoms with van der Waals surface area (Å²) in [5.74, 6) is 1.96. The van der Waals surface area contributed by atoms with Gasteiger partial charge < -0.3 is 37.9 Å². The van der Waals surface area contributed by atoms with E-state index < -0.39 is 0 Å². The number of hydrogen-bond acceptors (Lipinski definition) is 10. The molecular weight excluding hydrogens is 576 g/mol. The summed E-state index contributed by atoms with van der Waals surface area (Å²) in [4.78, 5) is 4.93. The largest absolute Gasteiger partial charge is 0.490 e. The first kappa shape index (κ1) is 30.1. The lowest BCUT2D eigenvalue weighted by Crippen LogP contribution is -2.31. The Morgan fingerprint density at radius 1 is 0.533 bits per heavy atom. The number of epoxide rings is 6. The molecule has 6 unspecified atom stereocenters. The molecule has 0 spiro atoms. The zero-order chi connectivity index (χ0) is 30.3. The highest BCUT2D eigenvalue weighted by atomic mass is 16.6. The van der Waals surface area contributed by atoms with Gasteiger partial charge in [-0.1, -0.05) is 24.3 Å². The SMILES string of the molecule is Cc1cc(Cc2cc(C)c(OCC3CO3)c(CN(CC3CO3)CC3CO3)c2)cc(CN(CC2CO2)CC2CO2)c1OCC1CO1. The van der Waals surface area contributed by atoms with Crippen molar-refractivity contribution in [1.29, 1.82) is 0 Å². The van der Waals surface area contributed by atoms with E-state index in [0.29, 0.717) is 37.6 Å². The molecule has 6 saturated heterocycles. The number of hydrogen-bond donors (Lipinski definition) is 0. The van der Waals surface area contributed by atoms with Crippen LogP contribution in [0.15, 0.2) is 24.3 Å². The van der Waals surface area contributed by atoms with Gasteiger partial charge in [0.05, 0.1) is 64.1 Å². The zero-order valence-electron chi connectivity index (χ0n) is 26.5. The lowest BCUT2D eigenvalue weighted by molar-refractivity contribution is 0.207. The maximum Gasteiger partial charge on any atom is 0.126 e. The molecule has 10 heteroatoms. The molecule has 0 saturated carbocycles. The van der Waals surface area contributed by atoms with Crippen LogP contribution in [0.4, 0.5) is 0 Å². The lowest BCUT2D eigenvalue weighted by Gasteiger charge is -2.25. The normalized spacial score (nSPS) is 28.8. The topological polar surface area (TPSA) is 100 Å². The number of benzene rings is 2. The minimum absolute atomic E-state index is 0.207. The van der Waals surface area contributed by atoms with Crippen LogP contribution in [0.5, 0.6) is 11.5 Å². The smallest absolute Gasteiger partial charge is 0.126 e. The van der Waals surface area contributed by atoms with Gasteiger partial charge in [0.1, 0.15) is 36.9 Å². The number of ether oxygens (including phenoxy) is 8. The molecular formula is C35H46N2O8. The van der Waals surface area contributed by atoms with Crippen molar-refractivity contribution in [2.45, 2.75) is 70.0 Å². The standard InChI is InChI=1S/C35H46N2O8/c1-22-3-24(6-26(34(22)44-20-32-18-42-32)8-36(10-28-14-38-28)11-29-15-39-29)5-25-4-23(2)35(45-21-33-19-43-33)27(7-25)9-37(12-30-16-40-30)13-31-17-41-31/h3-4,6-7,28-33H,5,8-21H2,1-2H3. The average Bonchev–Trinajstić information content (AvgIpc) is 3.74. The van der Waals surface area contributed by atoms with E-state index in [-0.39, 0.29) is 12.2 Å². The molecule has 6 heterocycles. The summed E-state index contributed by atoms with van der Waals surface area (Å²) in [6, 6.07) is 9.26. The summed E-state index contributed by atoms with van der Waals surface area (Å²) >= 11 is 0. The third kappa shape index (κ3) is 8.96. The molecule has 45 heavy (non-hydrogen) atoms. The minimum atomic E-state index is 0.207. The molecule has 0 aromatic heterocycles. The van der Waals surface area contributed by atoms with Crippen LogP contribution in [0.2, 0.25) is 0 Å². The number of rotatable bonds is 20. The first-order chi connectivity index (χ1) is 22.0. The molecule has 8 rings (SSSR count). The second-order valence-corrected chi connectivity index (χ2v) is 13.7. The summed E-state index contributed by atoms with van der Waals surface area (Å²) in [5.41, 5.74) is 7.32. The van der Waals surface area contributed by atoms with Crippen molar-refractivity contribution in [3.05, 3.63) is 57.6 Å². The van der Waals surface area contributed by atoms with Crippen LogP contribution < -0.4 is 9.47 Å². The summed E-state index contributed by atoms with van der Waals surface area (Å²) in [5, 5.41) is 0. The first-order valence-electron chi connectivity index (χ1n) is 16.7. The predicted octanol–water partition coefficient (Wildman–Crippen LogP) is 2.65. The highest BCUT2D eigenvalue weighted by Crippen LogP contribution is 2.33. The molecule has 0 N–H and O–H groups in total. The van der Waals surface area contributed by atoms with Gasteiger partial charge in [0.2, 0.25) is 0 Å². The quantitative estimate of drug-likeness (QED) is 0.205. The van der Waals surface area contributed by atoms with Crippen molar-refractivity contribution in [2.24, 2.45) is 0 Å². The van der Waals surface area contributed by atoms with Crippen LogP contribution in [0, 0.1) is 13.8 Å². The Morgan fingerprint density at radius 2 is 0.867 bits per heavy atom. The Hall–Kier alpha value is -2.28. The lowest BCUT2D eigenvalue weighted by atomic mass is 9.95. The Bertz CT molecular complexity index is 1220. The Balaban J connectivity index is 1.05. The van der Waals surface area contributed by atoms with Crippen molar-refractivity contribution in [3.63, 3.8) is 0 Å². The highest BCUT2D eigenvalue weighted by Gasteiger charge is 2.33. The van der Waals surface area contributed by atoms with Crippen molar-refractivity contribution in [2.75, 3.05) is 79.0 Å². The van der Waals surface area contributed by atoms with Crippen LogP contribution in [0.25, 0.3) is 0 Å². The molecule has 244 valence electrons. The van der Waals surface area contributed by atoms with Crippen molar-refractivity contribution >= 4 is 0 Å². The van der Waals surface area contributed by atoms with Gasteiger partial charge >= 0.3 is 0 Å². The molecule has 2 aromatic rings. The van der Waals surface area contributed by atoms with Crippen molar-refractivity contribution in [1.82, 2.24) is 9.80 Å². The Labute approximate surface area is 265 Å². The van der Waals surface area contributed by atoms with Gasteiger partial charge in [-0.2, -0.15) is 0 Å². The van der Waals surface area contributed by atoms with Gasteiger partial charge in [-0.25, -0.2) is 0 Å². The third-order valence-electron chi connectivity index (χ3n) is 9.11. The molecule has 0 radical (unpaired) electrons. The van der Waals surface area contributed by atoms with Crippen molar-refractivity contribution in [3.8, 4) is 11.5 Å². The summed E-state index contributed by atoms with van der Waals surface area (Å²) < 4.78 is 46.1. The molecule has 2 aromatic carbocycles. The van der Waals surface area contributed by atoms with Gasteiger partial charge in [-0.05, 0) is 42.5 Å². The van der Waals surface area contributed by atoms with Gasteiger partial charge in [-0.3, -0.25) is 9.80 Å². The van der Waals surface area contributed by atoms with Crippen LogP contribution in [-0.4, -0.2) is 125 Å². The van der Waals surface area contributed by atoms with Gasteiger partial charge in [-0.15, -0.1) is 0 Å². The van der Waals surface area contributed by atoms with E-state index in [2.05, 4.69) is 47.9 Å². The molecule has 6 aliphatic heterocycles. The van der Waals surface area contributed by atoms with E-state index in [4.69, 9.17) is 37.9 Å². The molecule has 0 aliphatic carbocycles. The fourth-order valence-corrected chi connectivity index (χ4v) is 6.36. The second-order valence-electron chi connectivity index (χ2n) is 13.7. The molecule has 6 fully saturated rings. The van der Waals surface area contributed by atoms with Crippen LogP contribution >= 0.6 is 0 Å². The molecule has 10 nitrogen and oxygen atoms in total. The van der Waals surface area contributed by atoms with Gasteiger partial charge in [0.25, 0.3) is 0 Å². The highest BCUT2D eigenvalue weighted by molar-refractivity contribution is 5.48. The Kier molecular flexibility index (Phi) is 8.74. The fraction of sp³-hybridized carbons (Fsp3) is 0.657. The van der Waals surface area contributed by atoms with E-state index in [0.717, 1.165) is 108 Å². The van der Waals surface area contributed by atoms with E-state index >= 15 is 0 Å². The van der Waals surface area contributed by atoms with Gasteiger partial charge in [0, 0.05) is 50.4 Å². The second kappa shape index (κ2) is 13.1. The summed E-state index contributed by atoms with van der Waals surface area (Å²) in [7, 11) is 0. The molecule has 0 amide bonds. The van der Waals surface area contributed by atoms with E-state index in [1.807, 2.05) is 0 Å². The van der Waals surface area contributed by atoms with E-state index in [1.54, 1.807) is 0 Å². The maximum absolute atomic E-state index is 6.39. The average molecular weight is 623 g/mol. The number of aryl methyl sites for hydroxylation is 2. The van der Waals surface area contributed by atoms with E-state index in [1.165, 1.54) is 22.3 Å². The first-order valence-corrected chi connectivity index (χ1v) is 16.7. The third-order valence-corrected chi connectivity index (χ3v) is 9.11. The fourth-order valence-electron chi connectivity index (χ4n) is 6.36. The van der Waals surface area contributed by atoms with Gasteiger partial charge in [0.15, 0.2) is 0 Å².